The van der Waals surface area contributed by atoms with Crippen LogP contribution in [-0.4, -0.2) is 10.9 Å². The zero-order chi connectivity index (χ0) is 10.0. The lowest BCUT2D eigenvalue weighted by Crippen LogP contribution is -2.01. The predicted molar refractivity (Wildman–Crippen MR) is 60.1 cm³/mol. The van der Waals surface area contributed by atoms with Crippen LogP contribution in [0.5, 0.6) is 5.75 Å². The van der Waals surface area contributed by atoms with Gasteiger partial charge < -0.3 is 5.11 Å². The van der Waals surface area contributed by atoms with Crippen molar-refractivity contribution in [2.45, 2.75) is 12.3 Å². The molecule has 0 radical (unpaired) electrons. The number of alkyl halides is 1. The Kier molecular flexibility index (Phi) is 3.55. The van der Waals surface area contributed by atoms with Gasteiger partial charge in [-0.25, -0.2) is 0 Å². The average molecular weight is 311 g/mol. The summed E-state index contributed by atoms with van der Waals surface area (Å²) in [6, 6.07) is 4.89. The van der Waals surface area contributed by atoms with Crippen LogP contribution in [0, 0.1) is 3.57 Å². The van der Waals surface area contributed by atoms with Gasteiger partial charge in [-0.3, -0.25) is 4.79 Å². The van der Waals surface area contributed by atoms with Gasteiger partial charge in [0.1, 0.15) is 11.1 Å². The van der Waals surface area contributed by atoms with Crippen molar-refractivity contribution in [3.8, 4) is 5.75 Å². The fourth-order valence-corrected chi connectivity index (χ4v) is 1.59. The fraction of sp³-hybridized carbons (Fsp3) is 0.222. The van der Waals surface area contributed by atoms with Gasteiger partial charge in [-0.1, -0.05) is 6.07 Å². The molecular formula is C9H8ClIO2. The van der Waals surface area contributed by atoms with Gasteiger partial charge in [0.15, 0.2) is 5.78 Å². The normalized spacial score (nSPS) is 12.5. The van der Waals surface area contributed by atoms with Crippen molar-refractivity contribution in [2.75, 3.05) is 0 Å². The highest BCUT2D eigenvalue weighted by Gasteiger charge is 2.13. The van der Waals surface area contributed by atoms with Crippen LogP contribution in [-0.2, 0) is 4.79 Å². The van der Waals surface area contributed by atoms with E-state index in [2.05, 4.69) is 0 Å². The first-order valence-electron chi connectivity index (χ1n) is 3.65. The second kappa shape index (κ2) is 4.28. The van der Waals surface area contributed by atoms with Crippen LogP contribution in [0.3, 0.4) is 0 Å². The van der Waals surface area contributed by atoms with E-state index in [1.54, 1.807) is 12.1 Å². The van der Waals surface area contributed by atoms with E-state index in [0.717, 1.165) is 5.56 Å². The van der Waals surface area contributed by atoms with Gasteiger partial charge in [0, 0.05) is 0 Å². The number of phenolic OH excluding ortho intramolecular Hbond substituents is 1. The van der Waals surface area contributed by atoms with Crippen molar-refractivity contribution in [3.05, 3.63) is 27.3 Å². The summed E-state index contributed by atoms with van der Waals surface area (Å²) in [5.74, 6) is 0.111. The Morgan fingerprint density at radius 3 is 2.69 bits per heavy atom. The number of Topliss-reactive ketones (excluding diaryl/α,β-unsaturated/α-hetero) is 1. The molecule has 13 heavy (non-hydrogen) atoms. The molecule has 0 spiro atoms. The number of rotatable bonds is 2. The molecule has 0 fully saturated rings. The third-order valence-corrected chi connectivity index (χ3v) is 3.04. The molecule has 1 atom stereocenters. The van der Waals surface area contributed by atoms with Crippen LogP contribution in [0.4, 0.5) is 0 Å². The van der Waals surface area contributed by atoms with E-state index in [0.29, 0.717) is 3.57 Å². The first-order chi connectivity index (χ1) is 6.02. The van der Waals surface area contributed by atoms with Crippen LogP contribution in [0.1, 0.15) is 17.9 Å². The molecule has 0 saturated heterocycles. The number of hydrogen-bond donors (Lipinski definition) is 1. The minimum Gasteiger partial charge on any atom is -0.507 e. The summed E-state index contributed by atoms with van der Waals surface area (Å²) < 4.78 is 0.696. The molecule has 0 aliphatic rings. The number of carbonyl (C=O) groups excluding carboxylic acids is 1. The maximum absolute atomic E-state index is 10.9. The molecule has 0 amide bonds. The minimum atomic E-state index is -0.617. The molecular weight excluding hydrogens is 302 g/mol. The topological polar surface area (TPSA) is 37.3 Å². The number of carbonyl (C=O) groups is 1. The van der Waals surface area contributed by atoms with E-state index < -0.39 is 5.38 Å². The smallest absolute Gasteiger partial charge is 0.152 e. The lowest BCUT2D eigenvalue weighted by molar-refractivity contribution is -0.116. The quantitative estimate of drug-likeness (QED) is 0.674. The Bertz CT molecular complexity index is 338. The zero-order valence-electron chi connectivity index (χ0n) is 6.92. The molecule has 2 nitrogen and oxygen atoms in total. The standard InChI is InChI=1S/C9H8ClIO2/c1-5(12)9(10)6-2-3-8(13)7(11)4-6/h2-4,9,13H,1H3. The van der Waals surface area contributed by atoms with Gasteiger partial charge in [0.05, 0.1) is 3.57 Å². The summed E-state index contributed by atoms with van der Waals surface area (Å²) in [6.07, 6.45) is 0. The molecule has 4 heteroatoms. The number of hydrogen-bond acceptors (Lipinski definition) is 2. The van der Waals surface area contributed by atoms with Gasteiger partial charge in [-0.05, 0) is 47.2 Å². The Hall–Kier alpha value is -0.290. The Morgan fingerprint density at radius 2 is 2.23 bits per heavy atom. The van der Waals surface area contributed by atoms with Crippen LogP contribution < -0.4 is 0 Å². The van der Waals surface area contributed by atoms with Crippen molar-refractivity contribution in [1.29, 1.82) is 0 Å². The summed E-state index contributed by atoms with van der Waals surface area (Å²) in [5.41, 5.74) is 0.719. The monoisotopic (exact) mass is 310 g/mol. The molecule has 1 aromatic rings. The number of phenols is 1. The second-order valence-electron chi connectivity index (χ2n) is 2.68. The fourth-order valence-electron chi connectivity index (χ4n) is 0.916. The zero-order valence-corrected chi connectivity index (χ0v) is 9.83. The third-order valence-electron chi connectivity index (χ3n) is 1.62. The van der Waals surface area contributed by atoms with E-state index in [1.807, 2.05) is 22.6 Å². The lowest BCUT2D eigenvalue weighted by atomic mass is 10.1. The molecule has 1 N–H and O–H groups in total. The van der Waals surface area contributed by atoms with Crippen molar-refractivity contribution in [2.24, 2.45) is 0 Å². The SMILES string of the molecule is CC(=O)C(Cl)c1ccc(O)c(I)c1. The molecule has 0 aromatic heterocycles. The predicted octanol–water partition coefficient (Wildman–Crippen LogP) is 2.87. The summed E-state index contributed by atoms with van der Waals surface area (Å²) in [7, 11) is 0. The summed E-state index contributed by atoms with van der Waals surface area (Å²) in [4.78, 5) is 10.9. The van der Waals surface area contributed by atoms with E-state index in [9.17, 15) is 9.90 Å². The Morgan fingerprint density at radius 1 is 1.62 bits per heavy atom. The number of halogens is 2. The molecule has 0 bridgehead atoms. The molecule has 0 aliphatic heterocycles. The van der Waals surface area contributed by atoms with Crippen LogP contribution in [0.25, 0.3) is 0 Å². The molecule has 1 aromatic carbocycles. The molecule has 70 valence electrons. The highest BCUT2D eigenvalue weighted by molar-refractivity contribution is 14.1. The summed E-state index contributed by atoms with van der Waals surface area (Å²) >= 11 is 7.82. The minimum absolute atomic E-state index is 0.0943. The molecule has 1 rings (SSSR count). The molecule has 0 saturated carbocycles. The van der Waals surface area contributed by atoms with Crippen LogP contribution in [0.2, 0.25) is 0 Å². The molecule has 0 heterocycles. The maximum Gasteiger partial charge on any atom is 0.152 e. The van der Waals surface area contributed by atoms with Gasteiger partial charge in [0.2, 0.25) is 0 Å². The summed E-state index contributed by atoms with van der Waals surface area (Å²) in [5, 5.41) is 8.61. The Labute approximate surface area is 95.0 Å². The van der Waals surface area contributed by atoms with E-state index in [4.69, 9.17) is 11.6 Å². The van der Waals surface area contributed by atoms with Crippen LogP contribution in [0.15, 0.2) is 18.2 Å². The molecule has 1 unspecified atom stereocenters. The second-order valence-corrected chi connectivity index (χ2v) is 4.28. The number of aromatic hydroxyl groups is 1. The summed E-state index contributed by atoms with van der Waals surface area (Å²) in [6.45, 7) is 1.44. The van der Waals surface area contributed by atoms with Gasteiger partial charge in [0.25, 0.3) is 0 Å². The Balaban J connectivity index is 3.03. The van der Waals surface area contributed by atoms with E-state index in [1.165, 1.54) is 13.0 Å². The molecule has 0 aliphatic carbocycles. The maximum atomic E-state index is 10.9. The lowest BCUT2D eigenvalue weighted by Gasteiger charge is -2.06. The number of ketones is 1. The first kappa shape index (κ1) is 10.8. The van der Waals surface area contributed by atoms with Gasteiger partial charge in [-0.15, -0.1) is 11.6 Å². The van der Waals surface area contributed by atoms with Crippen molar-refractivity contribution in [3.63, 3.8) is 0 Å². The largest absolute Gasteiger partial charge is 0.507 e. The van der Waals surface area contributed by atoms with E-state index >= 15 is 0 Å². The van der Waals surface area contributed by atoms with Crippen LogP contribution >= 0.6 is 34.2 Å². The highest BCUT2D eigenvalue weighted by atomic mass is 127. The number of benzene rings is 1. The van der Waals surface area contributed by atoms with Gasteiger partial charge >= 0.3 is 0 Å². The van der Waals surface area contributed by atoms with Gasteiger partial charge in [-0.2, -0.15) is 0 Å². The highest BCUT2D eigenvalue weighted by Crippen LogP contribution is 2.27. The van der Waals surface area contributed by atoms with Crippen molar-refractivity contribution < 1.29 is 9.90 Å². The van der Waals surface area contributed by atoms with Crippen molar-refractivity contribution >= 4 is 40.0 Å². The van der Waals surface area contributed by atoms with Crippen molar-refractivity contribution in [1.82, 2.24) is 0 Å². The average Bonchev–Trinajstić information content (AvgIpc) is 2.08. The first-order valence-corrected chi connectivity index (χ1v) is 5.17. The third kappa shape index (κ3) is 2.57. The van der Waals surface area contributed by atoms with E-state index in [-0.39, 0.29) is 11.5 Å².